The number of amides is 2. The van der Waals surface area contributed by atoms with Crippen molar-refractivity contribution >= 4 is 35.0 Å². The maximum absolute atomic E-state index is 13.0. The van der Waals surface area contributed by atoms with E-state index in [1.165, 1.54) is 0 Å². The summed E-state index contributed by atoms with van der Waals surface area (Å²) in [4.78, 5) is 24.8. The van der Waals surface area contributed by atoms with Crippen LogP contribution < -0.4 is 10.6 Å². The van der Waals surface area contributed by atoms with Gasteiger partial charge in [-0.05, 0) is 48.9 Å². The van der Waals surface area contributed by atoms with Gasteiger partial charge in [-0.2, -0.15) is 0 Å². The number of hydrogen-bond acceptors (Lipinski definition) is 2. The minimum atomic E-state index is -0.569. The first-order valence-corrected chi connectivity index (χ1v) is 8.05. The van der Waals surface area contributed by atoms with Gasteiger partial charge in [0, 0.05) is 26.9 Å². The Kier molecular flexibility index (Phi) is 4.60. The molecule has 0 fully saturated rings. The Morgan fingerprint density at radius 2 is 1.75 bits per heavy atom. The topological polar surface area (TPSA) is 58.2 Å². The zero-order valence-electron chi connectivity index (χ0n) is 12.8. The summed E-state index contributed by atoms with van der Waals surface area (Å²) in [5.74, 6) is -0.179. The van der Waals surface area contributed by atoms with Gasteiger partial charge in [-0.1, -0.05) is 35.3 Å². The summed E-state index contributed by atoms with van der Waals surface area (Å²) in [7, 11) is 0. The molecule has 0 aliphatic carbocycles. The maximum atomic E-state index is 13.0. The lowest BCUT2D eigenvalue weighted by atomic mass is 9.89. The standard InChI is InChI=1S/C18H14Cl2N2O2/c1-10-15(17(23)11-5-7-13(19)8-6-11)16(22-18(24)21-10)12-3-2-4-14(20)9-12/h2-9,16H,1H3,(H2,21,22,24)/t16-/m0/s1. The highest BCUT2D eigenvalue weighted by atomic mass is 35.5. The molecule has 2 aromatic rings. The van der Waals surface area contributed by atoms with Crippen LogP contribution in [0.4, 0.5) is 4.79 Å². The van der Waals surface area contributed by atoms with Gasteiger partial charge in [0.25, 0.3) is 0 Å². The molecule has 1 atom stereocenters. The van der Waals surface area contributed by atoms with Crippen LogP contribution in [0.1, 0.15) is 28.9 Å². The minimum Gasteiger partial charge on any atom is -0.327 e. The molecule has 122 valence electrons. The van der Waals surface area contributed by atoms with E-state index in [9.17, 15) is 9.59 Å². The molecule has 4 nitrogen and oxygen atoms in total. The van der Waals surface area contributed by atoms with Crippen molar-refractivity contribution in [1.29, 1.82) is 0 Å². The predicted octanol–water partition coefficient (Wildman–Crippen LogP) is 4.50. The van der Waals surface area contributed by atoms with Crippen LogP contribution in [0, 0.1) is 0 Å². The fourth-order valence-corrected chi connectivity index (χ4v) is 3.01. The Morgan fingerprint density at radius 3 is 2.42 bits per heavy atom. The normalized spacial score (nSPS) is 17.3. The third kappa shape index (κ3) is 3.30. The second-order valence-corrected chi connectivity index (χ2v) is 6.33. The molecular formula is C18H14Cl2N2O2. The minimum absolute atomic E-state index is 0.179. The lowest BCUT2D eigenvalue weighted by Crippen LogP contribution is -2.45. The molecule has 0 aromatic heterocycles. The van der Waals surface area contributed by atoms with Crippen molar-refractivity contribution in [2.45, 2.75) is 13.0 Å². The lowest BCUT2D eigenvalue weighted by molar-refractivity contribution is 0.102. The summed E-state index contributed by atoms with van der Waals surface area (Å²) < 4.78 is 0. The highest BCUT2D eigenvalue weighted by molar-refractivity contribution is 6.31. The number of hydrogen-bond donors (Lipinski definition) is 2. The number of halogens is 2. The highest BCUT2D eigenvalue weighted by Crippen LogP contribution is 2.30. The number of Topliss-reactive ketones (excluding diaryl/α,β-unsaturated/α-hetero) is 1. The van der Waals surface area contributed by atoms with Gasteiger partial charge < -0.3 is 10.6 Å². The van der Waals surface area contributed by atoms with Crippen LogP contribution in [0.3, 0.4) is 0 Å². The van der Waals surface area contributed by atoms with E-state index >= 15 is 0 Å². The summed E-state index contributed by atoms with van der Waals surface area (Å²) in [5.41, 5.74) is 2.23. The van der Waals surface area contributed by atoms with Gasteiger partial charge in [0.2, 0.25) is 0 Å². The van der Waals surface area contributed by atoms with E-state index < -0.39 is 6.04 Å². The zero-order chi connectivity index (χ0) is 17.3. The largest absolute Gasteiger partial charge is 0.327 e. The van der Waals surface area contributed by atoms with Crippen LogP contribution in [-0.2, 0) is 0 Å². The number of carbonyl (C=O) groups is 2. The fraction of sp³-hybridized carbons (Fsp3) is 0.111. The van der Waals surface area contributed by atoms with E-state index in [1.807, 2.05) is 6.07 Å². The van der Waals surface area contributed by atoms with Gasteiger partial charge in [0.15, 0.2) is 5.78 Å². The fourth-order valence-electron chi connectivity index (χ4n) is 2.69. The van der Waals surface area contributed by atoms with Crippen LogP contribution in [0.25, 0.3) is 0 Å². The summed E-state index contributed by atoms with van der Waals surface area (Å²) in [6.07, 6.45) is 0. The zero-order valence-corrected chi connectivity index (χ0v) is 14.3. The molecule has 3 rings (SSSR count). The van der Waals surface area contributed by atoms with Crippen molar-refractivity contribution < 1.29 is 9.59 Å². The van der Waals surface area contributed by atoms with Crippen LogP contribution in [0.2, 0.25) is 10.0 Å². The molecule has 2 N–H and O–H groups in total. The van der Waals surface area contributed by atoms with E-state index in [0.717, 1.165) is 5.56 Å². The molecule has 24 heavy (non-hydrogen) atoms. The van der Waals surface area contributed by atoms with Crippen LogP contribution in [0.15, 0.2) is 59.8 Å². The van der Waals surface area contributed by atoms with Crippen molar-refractivity contribution in [3.63, 3.8) is 0 Å². The Balaban J connectivity index is 2.06. The Morgan fingerprint density at radius 1 is 1.04 bits per heavy atom. The molecule has 1 aliphatic heterocycles. The third-order valence-electron chi connectivity index (χ3n) is 3.80. The third-order valence-corrected chi connectivity index (χ3v) is 4.29. The predicted molar refractivity (Wildman–Crippen MR) is 94.3 cm³/mol. The summed E-state index contributed by atoms with van der Waals surface area (Å²) in [6, 6.07) is 12.8. The molecule has 0 spiro atoms. The molecule has 2 amide bonds. The second kappa shape index (κ2) is 6.67. The number of carbonyl (C=O) groups excluding carboxylic acids is 2. The molecule has 6 heteroatoms. The summed E-state index contributed by atoms with van der Waals surface area (Å²) in [5, 5.41) is 6.54. The number of allylic oxidation sites excluding steroid dienone is 1. The van der Waals surface area contributed by atoms with E-state index in [4.69, 9.17) is 23.2 Å². The molecule has 2 aromatic carbocycles. The van der Waals surface area contributed by atoms with E-state index in [-0.39, 0.29) is 11.8 Å². The number of rotatable bonds is 3. The smallest absolute Gasteiger partial charge is 0.319 e. The van der Waals surface area contributed by atoms with Gasteiger partial charge in [0.1, 0.15) is 0 Å². The van der Waals surface area contributed by atoms with Crippen molar-refractivity contribution in [2.24, 2.45) is 0 Å². The monoisotopic (exact) mass is 360 g/mol. The molecule has 0 bridgehead atoms. The Bertz CT molecular complexity index is 844. The average molecular weight is 361 g/mol. The Hall–Kier alpha value is -2.30. The van der Waals surface area contributed by atoms with E-state index in [0.29, 0.717) is 26.9 Å². The lowest BCUT2D eigenvalue weighted by Gasteiger charge is -2.28. The number of ketones is 1. The first kappa shape index (κ1) is 16.6. The van der Waals surface area contributed by atoms with Crippen molar-refractivity contribution in [1.82, 2.24) is 10.6 Å². The molecule has 1 heterocycles. The summed E-state index contributed by atoms with van der Waals surface area (Å²) in [6.45, 7) is 1.71. The molecule has 0 radical (unpaired) electrons. The first-order valence-electron chi connectivity index (χ1n) is 7.29. The molecule has 1 aliphatic rings. The van der Waals surface area contributed by atoms with Gasteiger partial charge in [0.05, 0.1) is 6.04 Å². The van der Waals surface area contributed by atoms with Crippen molar-refractivity contribution in [2.75, 3.05) is 0 Å². The molecular weight excluding hydrogens is 347 g/mol. The van der Waals surface area contributed by atoms with Crippen LogP contribution in [-0.4, -0.2) is 11.8 Å². The van der Waals surface area contributed by atoms with Crippen molar-refractivity contribution in [3.05, 3.63) is 81.0 Å². The second-order valence-electron chi connectivity index (χ2n) is 5.46. The molecule has 0 saturated carbocycles. The van der Waals surface area contributed by atoms with Gasteiger partial charge in [-0.25, -0.2) is 4.79 Å². The average Bonchev–Trinajstić information content (AvgIpc) is 2.54. The van der Waals surface area contributed by atoms with E-state index in [2.05, 4.69) is 10.6 Å². The van der Waals surface area contributed by atoms with Crippen LogP contribution >= 0.6 is 23.2 Å². The van der Waals surface area contributed by atoms with Gasteiger partial charge in [-0.15, -0.1) is 0 Å². The van der Waals surface area contributed by atoms with Crippen LogP contribution in [0.5, 0.6) is 0 Å². The first-order chi connectivity index (χ1) is 11.5. The number of urea groups is 1. The molecule has 0 unspecified atom stereocenters. The van der Waals surface area contributed by atoms with Gasteiger partial charge in [-0.3, -0.25) is 4.79 Å². The van der Waals surface area contributed by atoms with Gasteiger partial charge >= 0.3 is 6.03 Å². The quantitative estimate of drug-likeness (QED) is 0.791. The van der Waals surface area contributed by atoms with E-state index in [1.54, 1.807) is 49.4 Å². The maximum Gasteiger partial charge on any atom is 0.319 e. The highest BCUT2D eigenvalue weighted by Gasteiger charge is 2.31. The SMILES string of the molecule is CC1=C(C(=O)c2ccc(Cl)cc2)[C@H](c2cccc(Cl)c2)NC(=O)N1. The van der Waals surface area contributed by atoms with Crippen molar-refractivity contribution in [3.8, 4) is 0 Å². The summed E-state index contributed by atoms with van der Waals surface area (Å²) >= 11 is 11.9. The molecule has 0 saturated heterocycles. The Labute approximate surface area is 149 Å². The number of nitrogens with one attached hydrogen (secondary N) is 2. The number of benzene rings is 2.